The van der Waals surface area contributed by atoms with Crippen molar-refractivity contribution in [3.63, 3.8) is 0 Å². The van der Waals surface area contributed by atoms with Crippen molar-refractivity contribution in [1.82, 2.24) is 0 Å². The van der Waals surface area contributed by atoms with Crippen molar-refractivity contribution in [3.8, 4) is 0 Å². The van der Waals surface area contributed by atoms with E-state index >= 15 is 0 Å². The number of hydrogen-bond donors (Lipinski definition) is 0. The van der Waals surface area contributed by atoms with Gasteiger partial charge in [0.1, 0.15) is 0 Å². The largest absolute Gasteiger partial charge is 0.373 e. The molecule has 0 aliphatic rings. The van der Waals surface area contributed by atoms with Crippen LogP contribution in [0, 0.1) is 0 Å². The van der Waals surface area contributed by atoms with Gasteiger partial charge in [-0.2, -0.15) is 17.6 Å². The van der Waals surface area contributed by atoms with Gasteiger partial charge in [0.05, 0.1) is 0 Å². The van der Waals surface area contributed by atoms with Crippen LogP contribution in [0.15, 0.2) is 42.5 Å². The van der Waals surface area contributed by atoms with Crippen LogP contribution in [0.3, 0.4) is 0 Å². The maximum absolute atomic E-state index is 13.7. The fourth-order valence-electron chi connectivity index (χ4n) is 1.82. The Hall–Kier alpha value is -1.72. The third-order valence-electron chi connectivity index (χ3n) is 2.82. The van der Waals surface area contributed by atoms with E-state index in [9.17, 15) is 26.3 Å². The zero-order valence-corrected chi connectivity index (χ0v) is 9.39. The molecule has 2 aromatic carbocycles. The number of benzene rings is 2. The zero-order valence-electron chi connectivity index (χ0n) is 9.39. The molecule has 0 saturated carbocycles. The molecule has 0 aliphatic carbocycles. The number of halogens is 6. The van der Waals surface area contributed by atoms with Crippen LogP contribution in [0.4, 0.5) is 26.3 Å². The highest BCUT2D eigenvalue weighted by atomic mass is 19.3. The second kappa shape index (κ2) is 4.43. The molecule has 0 unspecified atom stereocenters. The number of rotatable bonds is 3. The molecule has 0 bridgehead atoms. The summed E-state index contributed by atoms with van der Waals surface area (Å²) in [5.74, 6) is -10.4. The lowest BCUT2D eigenvalue weighted by atomic mass is 9.96. The van der Waals surface area contributed by atoms with E-state index in [-0.39, 0.29) is 10.8 Å². The molecule has 2 aromatic rings. The van der Waals surface area contributed by atoms with E-state index in [1.165, 1.54) is 30.3 Å². The first kappa shape index (κ1) is 13.7. The molecule has 0 amide bonds. The molecule has 0 radical (unpaired) electrons. The minimum atomic E-state index is -5.42. The van der Waals surface area contributed by atoms with E-state index in [0.717, 1.165) is 12.1 Å². The van der Waals surface area contributed by atoms with Crippen LogP contribution < -0.4 is 0 Å². The van der Waals surface area contributed by atoms with Crippen LogP contribution in [-0.2, 0) is 5.92 Å². The summed E-state index contributed by atoms with van der Waals surface area (Å²) in [5.41, 5.74) is -1.10. The minimum absolute atomic E-state index is 0.171. The van der Waals surface area contributed by atoms with Gasteiger partial charge in [0, 0.05) is 5.56 Å². The second-order valence-corrected chi connectivity index (χ2v) is 4.02. The third kappa shape index (κ3) is 2.05. The van der Waals surface area contributed by atoms with Crippen molar-refractivity contribution in [2.24, 2.45) is 0 Å². The summed E-state index contributed by atoms with van der Waals surface area (Å²) in [7, 11) is 0. The Kier molecular flexibility index (Phi) is 3.20. The maximum Gasteiger partial charge on any atom is 0.373 e. The average molecular weight is 278 g/mol. The normalized spacial score (nSPS) is 13.2. The molecule has 0 atom stereocenters. The van der Waals surface area contributed by atoms with Crippen molar-refractivity contribution >= 4 is 10.8 Å². The van der Waals surface area contributed by atoms with Gasteiger partial charge in [-0.15, -0.1) is 0 Å². The van der Waals surface area contributed by atoms with E-state index in [4.69, 9.17) is 0 Å². The molecule has 0 nitrogen and oxygen atoms in total. The van der Waals surface area contributed by atoms with Crippen molar-refractivity contribution in [3.05, 3.63) is 48.0 Å². The van der Waals surface area contributed by atoms with Gasteiger partial charge in [-0.05, 0) is 10.8 Å². The van der Waals surface area contributed by atoms with E-state index < -0.39 is 23.8 Å². The zero-order chi connectivity index (χ0) is 14.3. The molecule has 19 heavy (non-hydrogen) atoms. The van der Waals surface area contributed by atoms with Gasteiger partial charge in [0.2, 0.25) is 0 Å². The van der Waals surface area contributed by atoms with Crippen LogP contribution in [0.5, 0.6) is 0 Å². The summed E-state index contributed by atoms with van der Waals surface area (Å²) in [6, 6.07) is 8.86. The summed E-state index contributed by atoms with van der Waals surface area (Å²) in [6.07, 6.45) is -4.44. The Bertz CT molecular complexity index is 585. The monoisotopic (exact) mass is 278 g/mol. The molecular formula is C13H8F6. The fraction of sp³-hybridized carbons (Fsp3) is 0.231. The van der Waals surface area contributed by atoms with Crippen molar-refractivity contribution in [2.45, 2.75) is 18.3 Å². The molecule has 0 aliphatic heterocycles. The van der Waals surface area contributed by atoms with Gasteiger partial charge in [0.15, 0.2) is 0 Å². The molecule has 0 N–H and O–H groups in total. The number of hydrogen-bond acceptors (Lipinski definition) is 0. The highest BCUT2D eigenvalue weighted by molar-refractivity contribution is 5.86. The molecule has 0 heterocycles. The first-order valence-corrected chi connectivity index (χ1v) is 5.30. The standard InChI is InChI=1S/C13H8F6/c14-11(15)13(18,19)12(16,17)10-7-3-5-8-4-1-2-6-9(8)10/h1-7,11H. The predicted octanol–water partition coefficient (Wildman–Crippen LogP) is 4.83. The highest BCUT2D eigenvalue weighted by Crippen LogP contribution is 2.48. The Morgan fingerprint density at radius 1 is 0.789 bits per heavy atom. The van der Waals surface area contributed by atoms with Crippen molar-refractivity contribution < 1.29 is 26.3 Å². The van der Waals surface area contributed by atoms with Crippen molar-refractivity contribution in [2.75, 3.05) is 0 Å². The van der Waals surface area contributed by atoms with Crippen LogP contribution in [0.1, 0.15) is 5.56 Å². The van der Waals surface area contributed by atoms with E-state index in [2.05, 4.69) is 0 Å². The number of alkyl halides is 6. The van der Waals surface area contributed by atoms with E-state index in [0.29, 0.717) is 0 Å². The molecule has 2 rings (SSSR count). The van der Waals surface area contributed by atoms with Crippen LogP contribution >= 0.6 is 0 Å². The second-order valence-electron chi connectivity index (χ2n) is 4.02. The van der Waals surface area contributed by atoms with Gasteiger partial charge in [-0.25, -0.2) is 8.78 Å². The molecular weight excluding hydrogens is 270 g/mol. The Morgan fingerprint density at radius 3 is 2.00 bits per heavy atom. The van der Waals surface area contributed by atoms with Crippen LogP contribution in [-0.4, -0.2) is 12.3 Å². The summed E-state index contributed by atoms with van der Waals surface area (Å²) in [6.45, 7) is 0. The molecule has 6 heteroatoms. The van der Waals surface area contributed by atoms with Crippen molar-refractivity contribution in [1.29, 1.82) is 0 Å². The van der Waals surface area contributed by atoms with E-state index in [1.54, 1.807) is 0 Å². The maximum atomic E-state index is 13.7. The lowest BCUT2D eigenvalue weighted by molar-refractivity contribution is -0.269. The predicted molar refractivity (Wildman–Crippen MR) is 58.8 cm³/mol. The fourth-order valence-corrected chi connectivity index (χ4v) is 1.82. The first-order valence-electron chi connectivity index (χ1n) is 5.30. The highest BCUT2D eigenvalue weighted by Gasteiger charge is 2.64. The Labute approximate surface area is 104 Å². The summed E-state index contributed by atoms with van der Waals surface area (Å²) >= 11 is 0. The SMILES string of the molecule is FC(F)C(F)(F)C(F)(F)c1cccc2ccccc12. The summed E-state index contributed by atoms with van der Waals surface area (Å²) in [4.78, 5) is 0. The van der Waals surface area contributed by atoms with Gasteiger partial charge in [-0.3, -0.25) is 0 Å². The molecule has 0 saturated heterocycles. The quantitative estimate of drug-likeness (QED) is 0.705. The van der Waals surface area contributed by atoms with Crippen LogP contribution in [0.25, 0.3) is 10.8 Å². The average Bonchev–Trinajstić information content (AvgIpc) is 2.37. The first-order chi connectivity index (χ1) is 8.78. The van der Waals surface area contributed by atoms with Gasteiger partial charge in [-0.1, -0.05) is 42.5 Å². The minimum Gasteiger partial charge on any atom is -0.203 e. The topological polar surface area (TPSA) is 0 Å². The van der Waals surface area contributed by atoms with Gasteiger partial charge < -0.3 is 0 Å². The smallest absolute Gasteiger partial charge is 0.203 e. The molecule has 0 spiro atoms. The molecule has 102 valence electrons. The third-order valence-corrected chi connectivity index (χ3v) is 2.82. The van der Waals surface area contributed by atoms with Gasteiger partial charge >= 0.3 is 18.3 Å². The van der Waals surface area contributed by atoms with E-state index in [1.807, 2.05) is 0 Å². The van der Waals surface area contributed by atoms with Gasteiger partial charge in [0.25, 0.3) is 0 Å². The lowest BCUT2D eigenvalue weighted by Crippen LogP contribution is -2.44. The molecule has 0 fully saturated rings. The Balaban J connectivity index is 2.67. The lowest BCUT2D eigenvalue weighted by Gasteiger charge is -2.27. The number of fused-ring (bicyclic) bond motifs is 1. The van der Waals surface area contributed by atoms with Crippen LogP contribution in [0.2, 0.25) is 0 Å². The summed E-state index contributed by atoms with van der Waals surface area (Å²) in [5, 5.41) is 0.111. The summed E-state index contributed by atoms with van der Waals surface area (Å²) < 4.78 is 77.8. The Morgan fingerprint density at radius 2 is 1.37 bits per heavy atom. The molecule has 0 aromatic heterocycles.